The highest BCUT2D eigenvalue weighted by Crippen LogP contribution is 2.36. The van der Waals surface area contributed by atoms with Gasteiger partial charge in [-0.05, 0) is 31.0 Å². The van der Waals surface area contributed by atoms with Crippen molar-refractivity contribution in [1.82, 2.24) is 4.90 Å². The Balaban J connectivity index is 2.14. The maximum atomic E-state index is 13.1. The van der Waals surface area contributed by atoms with Crippen molar-refractivity contribution in [3.63, 3.8) is 0 Å². The lowest BCUT2D eigenvalue weighted by molar-refractivity contribution is -0.862. The Morgan fingerprint density at radius 3 is 2.37 bits per heavy atom. The summed E-state index contributed by atoms with van der Waals surface area (Å²) >= 11 is 0. The van der Waals surface area contributed by atoms with Gasteiger partial charge in [0.15, 0.2) is 13.1 Å². The molecule has 0 aliphatic carbocycles. The lowest BCUT2D eigenvalue weighted by Crippen LogP contribution is -3.11. The van der Waals surface area contributed by atoms with Crippen molar-refractivity contribution in [2.24, 2.45) is 0 Å². The minimum Gasteiger partial charge on any atom is -0.370 e. The summed E-state index contributed by atoms with van der Waals surface area (Å²) in [6, 6.07) is 3.43. The second kappa shape index (κ2) is 8.60. The first-order chi connectivity index (χ1) is 12.6. The van der Waals surface area contributed by atoms with Crippen LogP contribution in [0.25, 0.3) is 0 Å². The van der Waals surface area contributed by atoms with E-state index >= 15 is 0 Å². The van der Waals surface area contributed by atoms with E-state index in [0.717, 1.165) is 38.1 Å². The average Bonchev–Trinajstić information content (AvgIpc) is 3.07. The molecule has 2 rings (SSSR count). The molecule has 0 radical (unpaired) electrons. The molecule has 150 valence electrons. The predicted molar refractivity (Wildman–Crippen MR) is 96.8 cm³/mol. The van der Waals surface area contributed by atoms with Gasteiger partial charge in [0.2, 0.25) is 0 Å². The van der Waals surface area contributed by atoms with Gasteiger partial charge >= 0.3 is 6.18 Å². The van der Waals surface area contributed by atoms with E-state index < -0.39 is 17.6 Å². The fourth-order valence-electron chi connectivity index (χ4n) is 2.99. The number of benzene rings is 1. The van der Waals surface area contributed by atoms with E-state index in [4.69, 9.17) is 0 Å². The molecule has 27 heavy (non-hydrogen) atoms. The number of carbonyl (C=O) groups excluding carboxylic acids is 2. The van der Waals surface area contributed by atoms with E-state index in [1.165, 1.54) is 11.0 Å². The van der Waals surface area contributed by atoms with Gasteiger partial charge in [0.05, 0.1) is 24.0 Å². The number of alkyl halides is 3. The number of quaternary nitrogens is 1. The number of anilines is 2. The molecule has 0 aromatic heterocycles. The smallest absolute Gasteiger partial charge is 0.370 e. The Morgan fingerprint density at radius 2 is 1.81 bits per heavy atom. The molecule has 1 saturated heterocycles. The van der Waals surface area contributed by atoms with Crippen LogP contribution in [0.5, 0.6) is 0 Å². The van der Waals surface area contributed by atoms with E-state index in [9.17, 15) is 22.8 Å². The van der Waals surface area contributed by atoms with Gasteiger partial charge in [-0.15, -0.1) is 0 Å². The Labute approximate surface area is 156 Å². The van der Waals surface area contributed by atoms with Crippen LogP contribution in [-0.4, -0.2) is 64.0 Å². The fourth-order valence-corrected chi connectivity index (χ4v) is 2.99. The van der Waals surface area contributed by atoms with Gasteiger partial charge in [-0.3, -0.25) is 9.59 Å². The largest absolute Gasteiger partial charge is 0.416 e. The van der Waals surface area contributed by atoms with Crippen molar-refractivity contribution in [2.45, 2.75) is 19.0 Å². The SMILES string of the molecule is CN(C)C(=O)C[NH+](C)CC(=O)Nc1cc(C(F)(F)F)ccc1N1CCCC1. The van der Waals surface area contributed by atoms with Crippen molar-refractivity contribution in [3.8, 4) is 0 Å². The fraction of sp³-hybridized carbons (Fsp3) is 0.556. The second-order valence-electron chi connectivity index (χ2n) is 7.07. The summed E-state index contributed by atoms with van der Waals surface area (Å²) in [5.74, 6) is -0.559. The maximum Gasteiger partial charge on any atom is 0.416 e. The van der Waals surface area contributed by atoms with Gasteiger partial charge in [0, 0.05) is 27.2 Å². The van der Waals surface area contributed by atoms with Gasteiger partial charge < -0.3 is 20.0 Å². The molecule has 1 unspecified atom stereocenters. The average molecular weight is 387 g/mol. The molecule has 1 aliphatic heterocycles. The van der Waals surface area contributed by atoms with E-state index in [-0.39, 0.29) is 24.7 Å². The van der Waals surface area contributed by atoms with Gasteiger partial charge in [-0.2, -0.15) is 13.2 Å². The van der Waals surface area contributed by atoms with Crippen LogP contribution in [0.2, 0.25) is 0 Å². The van der Waals surface area contributed by atoms with Gasteiger partial charge in [0.25, 0.3) is 11.8 Å². The lowest BCUT2D eigenvalue weighted by Gasteiger charge is -2.23. The van der Waals surface area contributed by atoms with E-state index in [2.05, 4.69) is 5.32 Å². The Hall–Kier alpha value is -2.29. The third kappa shape index (κ3) is 5.85. The number of amides is 2. The zero-order valence-electron chi connectivity index (χ0n) is 15.8. The summed E-state index contributed by atoms with van der Waals surface area (Å²) in [6.45, 7) is 1.60. The molecule has 6 nitrogen and oxygen atoms in total. The van der Waals surface area contributed by atoms with Crippen LogP contribution in [0.4, 0.5) is 24.5 Å². The highest BCUT2D eigenvalue weighted by molar-refractivity contribution is 5.95. The number of hydrogen-bond acceptors (Lipinski definition) is 3. The highest BCUT2D eigenvalue weighted by atomic mass is 19.4. The summed E-state index contributed by atoms with van der Waals surface area (Å²) < 4.78 is 39.2. The number of rotatable bonds is 6. The van der Waals surface area contributed by atoms with E-state index in [1.807, 2.05) is 4.90 Å². The number of carbonyl (C=O) groups is 2. The minimum atomic E-state index is -4.48. The van der Waals surface area contributed by atoms with Crippen molar-refractivity contribution >= 4 is 23.2 Å². The highest BCUT2D eigenvalue weighted by Gasteiger charge is 2.32. The van der Waals surface area contributed by atoms with Crippen LogP contribution < -0.4 is 15.1 Å². The van der Waals surface area contributed by atoms with Crippen LogP contribution in [0.15, 0.2) is 18.2 Å². The second-order valence-corrected chi connectivity index (χ2v) is 7.07. The number of hydrogen-bond donors (Lipinski definition) is 2. The number of halogens is 3. The standard InChI is InChI=1S/C18H25F3N4O2/c1-23(2)17(27)12-24(3)11-16(26)22-14-10-13(18(19,20)21)6-7-15(14)25-8-4-5-9-25/h6-7,10H,4-5,8-9,11-12H2,1-3H3,(H,22,26)/p+1. The van der Waals surface area contributed by atoms with Crippen molar-refractivity contribution < 1.29 is 27.7 Å². The molecule has 0 saturated carbocycles. The predicted octanol–water partition coefficient (Wildman–Crippen LogP) is 0.847. The first-order valence-corrected chi connectivity index (χ1v) is 8.85. The van der Waals surface area contributed by atoms with Crippen LogP contribution in [-0.2, 0) is 15.8 Å². The molecule has 0 bridgehead atoms. The Morgan fingerprint density at radius 1 is 1.19 bits per heavy atom. The Kier molecular flexibility index (Phi) is 6.69. The maximum absolute atomic E-state index is 13.1. The van der Waals surface area contributed by atoms with E-state index in [1.54, 1.807) is 21.1 Å². The monoisotopic (exact) mass is 387 g/mol. The zero-order chi connectivity index (χ0) is 20.2. The third-order valence-electron chi connectivity index (χ3n) is 4.46. The molecule has 1 aliphatic rings. The van der Waals surface area contributed by atoms with Gasteiger partial charge in [0.1, 0.15) is 0 Å². The summed E-state index contributed by atoms with van der Waals surface area (Å²) in [7, 11) is 4.94. The molecule has 1 atom stereocenters. The summed E-state index contributed by atoms with van der Waals surface area (Å²) in [6.07, 6.45) is -2.55. The van der Waals surface area contributed by atoms with Crippen molar-refractivity contribution in [2.75, 3.05) is 57.5 Å². The summed E-state index contributed by atoms with van der Waals surface area (Å²) in [5, 5.41) is 2.61. The molecule has 9 heteroatoms. The van der Waals surface area contributed by atoms with Crippen molar-refractivity contribution in [3.05, 3.63) is 23.8 Å². The summed E-state index contributed by atoms with van der Waals surface area (Å²) in [4.78, 5) is 28.1. The number of nitrogens with one attached hydrogen (secondary N) is 2. The number of nitrogens with zero attached hydrogens (tertiary/aromatic N) is 2. The molecule has 2 N–H and O–H groups in total. The zero-order valence-corrected chi connectivity index (χ0v) is 15.8. The van der Waals surface area contributed by atoms with Crippen molar-refractivity contribution in [1.29, 1.82) is 0 Å². The molecule has 1 aromatic rings. The molecule has 1 heterocycles. The molecular weight excluding hydrogens is 361 g/mol. The molecule has 2 amide bonds. The molecule has 0 spiro atoms. The Bertz CT molecular complexity index is 686. The first kappa shape index (κ1) is 21.0. The lowest BCUT2D eigenvalue weighted by atomic mass is 10.1. The van der Waals surface area contributed by atoms with Crippen LogP contribution in [0.3, 0.4) is 0 Å². The van der Waals surface area contributed by atoms with E-state index in [0.29, 0.717) is 10.6 Å². The van der Waals surface area contributed by atoms with Crippen LogP contribution in [0.1, 0.15) is 18.4 Å². The molecular formula is C18H26F3N4O2+. The molecule has 1 fully saturated rings. The van der Waals surface area contributed by atoms with Gasteiger partial charge in [-0.1, -0.05) is 0 Å². The van der Waals surface area contributed by atoms with Gasteiger partial charge in [-0.25, -0.2) is 0 Å². The van der Waals surface area contributed by atoms with Crippen LogP contribution >= 0.6 is 0 Å². The third-order valence-corrected chi connectivity index (χ3v) is 4.46. The minimum absolute atomic E-state index is 0.0186. The van der Waals surface area contributed by atoms with Crippen LogP contribution in [0, 0.1) is 0 Å². The first-order valence-electron chi connectivity index (χ1n) is 8.85. The quantitative estimate of drug-likeness (QED) is 0.761. The molecule has 1 aromatic carbocycles. The topological polar surface area (TPSA) is 57.1 Å². The normalized spacial score (nSPS) is 15.6. The summed E-state index contributed by atoms with van der Waals surface area (Å²) in [5.41, 5.74) is -0.0523. The number of likely N-dealkylation sites (N-methyl/N-ethyl adjacent to an activating group) is 2.